The largest absolute Gasteiger partial charge is 0.341 e. The fourth-order valence-corrected chi connectivity index (χ4v) is 1.75. The van der Waals surface area contributed by atoms with Crippen molar-refractivity contribution in [2.75, 3.05) is 19.6 Å². The third kappa shape index (κ3) is 2.64. The van der Waals surface area contributed by atoms with E-state index in [-0.39, 0.29) is 19.0 Å². The molecule has 2 N–H and O–H groups in total. The third-order valence-electron chi connectivity index (χ3n) is 2.67. The molecule has 0 aromatic carbocycles. The first-order valence-corrected chi connectivity index (χ1v) is 4.81. The summed E-state index contributed by atoms with van der Waals surface area (Å²) in [6.07, 6.45) is 1.12. The number of piperidine rings is 1. The topological polar surface area (TPSA) is 46.3 Å². The van der Waals surface area contributed by atoms with E-state index in [1.165, 1.54) is 4.90 Å². The van der Waals surface area contributed by atoms with Crippen LogP contribution in [0.1, 0.15) is 19.8 Å². The lowest BCUT2D eigenvalue weighted by Crippen LogP contribution is -2.46. The number of hydrogen-bond donors (Lipinski definition) is 1. The zero-order valence-corrected chi connectivity index (χ0v) is 8.30. The molecule has 0 bridgehead atoms. The molecule has 1 saturated heterocycles. The Bertz CT molecular complexity index is 215. The van der Waals surface area contributed by atoms with Crippen LogP contribution in [0.15, 0.2) is 0 Å². The van der Waals surface area contributed by atoms with Crippen LogP contribution in [0.5, 0.6) is 0 Å². The highest BCUT2D eigenvalue weighted by Gasteiger charge is 2.37. The molecule has 1 aliphatic heterocycles. The van der Waals surface area contributed by atoms with Gasteiger partial charge in [-0.05, 0) is 19.8 Å². The minimum Gasteiger partial charge on any atom is -0.341 e. The normalized spacial score (nSPS) is 23.7. The number of alkyl halides is 2. The second kappa shape index (κ2) is 4.21. The molecular weight excluding hydrogens is 190 g/mol. The van der Waals surface area contributed by atoms with E-state index in [4.69, 9.17) is 5.73 Å². The Balaban J connectivity index is 2.56. The van der Waals surface area contributed by atoms with E-state index in [0.717, 1.165) is 6.92 Å². The lowest BCUT2D eigenvalue weighted by molar-refractivity contribution is -0.135. The monoisotopic (exact) mass is 206 g/mol. The molecule has 1 atom stereocenters. The van der Waals surface area contributed by atoms with Gasteiger partial charge in [0.1, 0.15) is 0 Å². The van der Waals surface area contributed by atoms with Crippen LogP contribution in [-0.2, 0) is 4.79 Å². The van der Waals surface area contributed by atoms with E-state index in [1.807, 2.05) is 0 Å². The summed E-state index contributed by atoms with van der Waals surface area (Å²) in [5, 5.41) is 0. The molecule has 0 aromatic rings. The summed E-state index contributed by atoms with van der Waals surface area (Å²) in [6, 6.07) is 0. The quantitative estimate of drug-likeness (QED) is 0.727. The van der Waals surface area contributed by atoms with Crippen LogP contribution >= 0.6 is 0 Å². The van der Waals surface area contributed by atoms with Crippen molar-refractivity contribution >= 4 is 5.91 Å². The van der Waals surface area contributed by atoms with Crippen molar-refractivity contribution < 1.29 is 13.6 Å². The van der Waals surface area contributed by atoms with E-state index >= 15 is 0 Å². The van der Waals surface area contributed by atoms with Gasteiger partial charge in [-0.2, -0.15) is 0 Å². The number of amides is 1. The van der Waals surface area contributed by atoms with Gasteiger partial charge in [0.2, 0.25) is 11.8 Å². The standard InChI is InChI=1S/C9H16F2N2O/c1-9(10,11)7-3-2-4-13(6-7)8(14)5-12/h7H,2-6,12H2,1H3/t7-/m0/s1. The Morgan fingerprint density at radius 2 is 2.29 bits per heavy atom. The van der Waals surface area contributed by atoms with E-state index in [1.54, 1.807) is 0 Å². The van der Waals surface area contributed by atoms with Gasteiger partial charge in [0, 0.05) is 19.0 Å². The minimum absolute atomic E-state index is 0.0952. The number of hydrogen-bond acceptors (Lipinski definition) is 2. The van der Waals surface area contributed by atoms with Gasteiger partial charge in [0.25, 0.3) is 0 Å². The van der Waals surface area contributed by atoms with Crippen LogP contribution < -0.4 is 5.73 Å². The predicted octanol–water partition coefficient (Wildman–Crippen LogP) is 0.839. The molecule has 0 unspecified atom stereocenters. The van der Waals surface area contributed by atoms with Crippen LogP contribution in [-0.4, -0.2) is 36.4 Å². The molecule has 1 fully saturated rings. The highest BCUT2D eigenvalue weighted by atomic mass is 19.3. The average molecular weight is 206 g/mol. The summed E-state index contributed by atoms with van der Waals surface area (Å²) in [7, 11) is 0. The Morgan fingerprint density at radius 3 is 2.79 bits per heavy atom. The van der Waals surface area contributed by atoms with Gasteiger partial charge < -0.3 is 10.6 Å². The maximum absolute atomic E-state index is 13.0. The summed E-state index contributed by atoms with van der Waals surface area (Å²) in [4.78, 5) is 12.6. The third-order valence-corrected chi connectivity index (χ3v) is 2.67. The van der Waals surface area contributed by atoms with E-state index in [0.29, 0.717) is 19.4 Å². The fraction of sp³-hybridized carbons (Fsp3) is 0.889. The van der Waals surface area contributed by atoms with Gasteiger partial charge in [0.15, 0.2) is 0 Å². The summed E-state index contributed by atoms with van der Waals surface area (Å²) in [6.45, 7) is 1.51. The molecule has 5 heteroatoms. The molecule has 82 valence electrons. The molecule has 0 aliphatic carbocycles. The Labute approximate surface area is 82.2 Å². The lowest BCUT2D eigenvalue weighted by atomic mass is 9.92. The molecule has 1 rings (SSSR count). The Kier molecular flexibility index (Phi) is 3.42. The van der Waals surface area contributed by atoms with Crippen LogP contribution in [0.25, 0.3) is 0 Å². The summed E-state index contributed by atoms with van der Waals surface area (Å²) < 4.78 is 26.0. The van der Waals surface area contributed by atoms with Crippen molar-refractivity contribution in [3.05, 3.63) is 0 Å². The van der Waals surface area contributed by atoms with Crippen molar-refractivity contribution in [1.29, 1.82) is 0 Å². The molecule has 1 amide bonds. The van der Waals surface area contributed by atoms with E-state index < -0.39 is 11.8 Å². The zero-order valence-electron chi connectivity index (χ0n) is 8.30. The molecule has 0 saturated carbocycles. The molecular formula is C9H16F2N2O. The number of likely N-dealkylation sites (tertiary alicyclic amines) is 1. The second-order valence-electron chi connectivity index (χ2n) is 3.84. The van der Waals surface area contributed by atoms with Crippen LogP contribution in [0.3, 0.4) is 0 Å². The highest BCUT2D eigenvalue weighted by molar-refractivity contribution is 5.78. The summed E-state index contributed by atoms with van der Waals surface area (Å²) >= 11 is 0. The van der Waals surface area contributed by atoms with Gasteiger partial charge >= 0.3 is 0 Å². The van der Waals surface area contributed by atoms with Gasteiger partial charge in [-0.25, -0.2) is 8.78 Å². The Hall–Kier alpha value is -0.710. The smallest absolute Gasteiger partial charge is 0.249 e. The number of carbonyl (C=O) groups excluding carboxylic acids is 1. The van der Waals surface area contributed by atoms with Gasteiger partial charge in [-0.3, -0.25) is 4.79 Å². The molecule has 1 aliphatic rings. The zero-order chi connectivity index (χ0) is 10.8. The molecule has 0 aromatic heterocycles. The molecule has 14 heavy (non-hydrogen) atoms. The van der Waals surface area contributed by atoms with Gasteiger partial charge in [-0.15, -0.1) is 0 Å². The maximum atomic E-state index is 13.0. The molecule has 0 radical (unpaired) electrons. The molecule has 0 spiro atoms. The van der Waals surface area contributed by atoms with E-state index in [9.17, 15) is 13.6 Å². The maximum Gasteiger partial charge on any atom is 0.249 e. The fourth-order valence-electron chi connectivity index (χ4n) is 1.75. The number of nitrogens with zero attached hydrogens (tertiary/aromatic N) is 1. The first kappa shape index (κ1) is 11.4. The first-order chi connectivity index (χ1) is 6.45. The SMILES string of the molecule is CC(F)(F)[C@H]1CCCN(C(=O)CN)C1. The first-order valence-electron chi connectivity index (χ1n) is 4.81. The molecule has 1 heterocycles. The number of nitrogens with two attached hydrogens (primary N) is 1. The minimum atomic E-state index is -2.70. The lowest BCUT2D eigenvalue weighted by Gasteiger charge is -2.35. The predicted molar refractivity (Wildman–Crippen MR) is 49.0 cm³/mol. The van der Waals surface area contributed by atoms with Crippen molar-refractivity contribution in [2.24, 2.45) is 11.7 Å². The van der Waals surface area contributed by atoms with Crippen molar-refractivity contribution in [3.63, 3.8) is 0 Å². The van der Waals surface area contributed by atoms with Crippen molar-refractivity contribution in [2.45, 2.75) is 25.7 Å². The average Bonchev–Trinajstić information content (AvgIpc) is 2.15. The van der Waals surface area contributed by atoms with Crippen LogP contribution in [0.2, 0.25) is 0 Å². The summed E-state index contributed by atoms with van der Waals surface area (Å²) in [5.41, 5.74) is 5.18. The van der Waals surface area contributed by atoms with Crippen molar-refractivity contribution in [1.82, 2.24) is 4.90 Å². The van der Waals surface area contributed by atoms with Crippen LogP contribution in [0.4, 0.5) is 8.78 Å². The second-order valence-corrected chi connectivity index (χ2v) is 3.84. The van der Waals surface area contributed by atoms with Crippen LogP contribution in [0, 0.1) is 5.92 Å². The van der Waals surface area contributed by atoms with E-state index in [2.05, 4.69) is 0 Å². The number of halogens is 2. The molecule has 3 nitrogen and oxygen atoms in total. The number of carbonyl (C=O) groups is 1. The Morgan fingerprint density at radius 1 is 1.64 bits per heavy atom. The highest BCUT2D eigenvalue weighted by Crippen LogP contribution is 2.31. The summed E-state index contributed by atoms with van der Waals surface area (Å²) in [5.74, 6) is -3.65. The van der Waals surface area contributed by atoms with Gasteiger partial charge in [-0.1, -0.05) is 0 Å². The number of rotatable bonds is 2. The van der Waals surface area contributed by atoms with Crippen molar-refractivity contribution in [3.8, 4) is 0 Å². The van der Waals surface area contributed by atoms with Gasteiger partial charge in [0.05, 0.1) is 6.54 Å².